The van der Waals surface area contributed by atoms with Gasteiger partial charge < -0.3 is 9.47 Å². The Balaban J connectivity index is 1.16. The molecule has 0 amide bonds. The van der Waals surface area contributed by atoms with Gasteiger partial charge in [0, 0.05) is 11.8 Å². The summed E-state index contributed by atoms with van der Waals surface area (Å²) in [6, 6.07) is 19.4. The molecule has 0 fully saturated rings. The van der Waals surface area contributed by atoms with E-state index in [4.69, 9.17) is 9.47 Å². The Bertz CT molecular complexity index is 1060. The molecule has 3 aromatic rings. The molecule has 3 rings (SSSR count). The van der Waals surface area contributed by atoms with Crippen molar-refractivity contribution in [3.63, 3.8) is 0 Å². The predicted molar refractivity (Wildman–Crippen MR) is 153 cm³/mol. The van der Waals surface area contributed by atoms with Gasteiger partial charge in [0.15, 0.2) is 0 Å². The molecule has 3 nitrogen and oxygen atoms in total. The van der Waals surface area contributed by atoms with Crippen LogP contribution in [0, 0.1) is 0 Å². The van der Waals surface area contributed by atoms with Crippen LogP contribution in [0.5, 0.6) is 5.75 Å². The molecule has 0 aliphatic rings. The van der Waals surface area contributed by atoms with Crippen LogP contribution in [0.3, 0.4) is 0 Å². The van der Waals surface area contributed by atoms with Gasteiger partial charge in [-0.25, -0.2) is 0 Å². The fraction of sp³-hybridized carbons (Fsp3) is 0.545. The lowest BCUT2D eigenvalue weighted by atomic mass is 10.0. The Labute approximate surface area is 218 Å². The third-order valence-electron chi connectivity index (χ3n) is 6.66. The van der Waals surface area contributed by atoms with E-state index in [1.807, 2.05) is 20.8 Å². The molecule has 0 saturated heterocycles. The van der Waals surface area contributed by atoms with Crippen LogP contribution in [0.2, 0.25) is 0 Å². The maximum atomic E-state index is 11.7. The Kier molecular flexibility index (Phi) is 11.6. The summed E-state index contributed by atoms with van der Waals surface area (Å²) in [5.74, 6) is 0.944. The average molecular weight is 491 g/mol. The summed E-state index contributed by atoms with van der Waals surface area (Å²) in [6.45, 7) is 6.57. The number of hydrogen-bond donors (Lipinski definition) is 0. The Morgan fingerprint density at radius 2 is 1.17 bits per heavy atom. The zero-order chi connectivity index (χ0) is 25.6. The highest BCUT2D eigenvalue weighted by molar-refractivity contribution is 6.00. The van der Waals surface area contributed by atoms with E-state index >= 15 is 0 Å². The summed E-state index contributed by atoms with van der Waals surface area (Å²) in [5.41, 5.74) is -0.363. The quantitative estimate of drug-likeness (QED) is 0.114. The second kappa shape index (κ2) is 14.9. The van der Waals surface area contributed by atoms with E-state index in [9.17, 15) is 4.79 Å². The van der Waals surface area contributed by atoms with Crippen molar-refractivity contribution in [2.24, 2.45) is 0 Å². The fourth-order valence-corrected chi connectivity index (χ4v) is 4.78. The molecule has 0 atom stereocenters. The Hall–Kier alpha value is -2.55. The van der Waals surface area contributed by atoms with Gasteiger partial charge >= 0.3 is 5.97 Å². The van der Waals surface area contributed by atoms with Gasteiger partial charge in [-0.3, -0.25) is 4.79 Å². The third-order valence-corrected chi connectivity index (χ3v) is 6.66. The van der Waals surface area contributed by atoms with Gasteiger partial charge in [0.1, 0.15) is 11.4 Å². The highest BCUT2D eigenvalue weighted by atomic mass is 16.6. The van der Waals surface area contributed by atoms with Gasteiger partial charge in [-0.15, -0.1) is 0 Å². The first kappa shape index (κ1) is 28.0. The van der Waals surface area contributed by atoms with Gasteiger partial charge in [-0.2, -0.15) is 0 Å². The fourth-order valence-electron chi connectivity index (χ4n) is 4.78. The largest absolute Gasteiger partial charge is 0.493 e. The van der Waals surface area contributed by atoms with Crippen LogP contribution in [0.4, 0.5) is 0 Å². The van der Waals surface area contributed by atoms with Gasteiger partial charge in [-0.05, 0) is 68.0 Å². The van der Waals surface area contributed by atoms with Crippen molar-refractivity contribution < 1.29 is 14.3 Å². The van der Waals surface area contributed by atoms with Crippen molar-refractivity contribution >= 4 is 27.5 Å². The Morgan fingerprint density at radius 1 is 0.639 bits per heavy atom. The first-order valence-electron chi connectivity index (χ1n) is 14.2. The molecule has 3 heteroatoms. The Morgan fingerprint density at radius 3 is 1.78 bits per heavy atom. The molecule has 196 valence electrons. The van der Waals surface area contributed by atoms with Crippen LogP contribution in [0.15, 0.2) is 54.6 Å². The molecule has 0 radical (unpaired) electrons. The number of esters is 1. The molecule has 0 heterocycles. The van der Waals surface area contributed by atoms with E-state index in [0.717, 1.165) is 31.6 Å². The molecule has 36 heavy (non-hydrogen) atoms. The van der Waals surface area contributed by atoms with Crippen molar-refractivity contribution in [1.82, 2.24) is 0 Å². The van der Waals surface area contributed by atoms with E-state index < -0.39 is 0 Å². The minimum Gasteiger partial charge on any atom is -0.493 e. The standard InChI is InChI=1S/C33H46O3/c1-33(2,3)36-32(34)23-14-12-10-8-6-4-5-7-9-11-13-17-24-35-31-22-18-21-29-25-27-19-15-16-20-28(27)26-30(29)31/h15-16,18-22,25-26H,4-14,17,23-24H2,1-3H3. The summed E-state index contributed by atoms with van der Waals surface area (Å²) in [6.07, 6.45) is 15.5. The van der Waals surface area contributed by atoms with Crippen LogP contribution in [0.1, 0.15) is 104 Å². The maximum Gasteiger partial charge on any atom is 0.306 e. The number of fused-ring (bicyclic) bond motifs is 2. The van der Waals surface area contributed by atoms with Crippen molar-refractivity contribution in [1.29, 1.82) is 0 Å². The lowest BCUT2D eigenvalue weighted by Gasteiger charge is -2.19. The molecule has 0 bridgehead atoms. The van der Waals surface area contributed by atoms with Crippen LogP contribution < -0.4 is 4.74 Å². The summed E-state index contributed by atoms with van der Waals surface area (Å²) in [5, 5.41) is 4.99. The van der Waals surface area contributed by atoms with Gasteiger partial charge in [0.2, 0.25) is 0 Å². The number of carbonyl (C=O) groups is 1. The number of unbranched alkanes of at least 4 members (excludes halogenated alkanes) is 11. The normalized spacial score (nSPS) is 11.8. The maximum absolute atomic E-state index is 11.7. The van der Waals surface area contributed by atoms with E-state index in [1.165, 1.54) is 79.3 Å². The van der Waals surface area contributed by atoms with E-state index in [2.05, 4.69) is 54.6 Å². The second-order valence-electron chi connectivity index (χ2n) is 11.1. The molecule has 0 aromatic heterocycles. The van der Waals surface area contributed by atoms with Crippen molar-refractivity contribution in [2.75, 3.05) is 6.61 Å². The highest BCUT2D eigenvalue weighted by Crippen LogP contribution is 2.30. The minimum atomic E-state index is -0.363. The molecule has 0 saturated carbocycles. The molecule has 0 aliphatic heterocycles. The lowest BCUT2D eigenvalue weighted by Crippen LogP contribution is -2.23. The average Bonchev–Trinajstić information content (AvgIpc) is 2.84. The number of hydrogen-bond acceptors (Lipinski definition) is 3. The first-order chi connectivity index (χ1) is 17.4. The van der Waals surface area contributed by atoms with Crippen molar-refractivity contribution in [3.8, 4) is 5.75 Å². The highest BCUT2D eigenvalue weighted by Gasteiger charge is 2.15. The molecule has 0 N–H and O–H groups in total. The molecule has 0 aliphatic carbocycles. The topological polar surface area (TPSA) is 35.5 Å². The van der Waals surface area contributed by atoms with Gasteiger partial charge in [0.25, 0.3) is 0 Å². The molecular weight excluding hydrogens is 444 g/mol. The SMILES string of the molecule is CC(C)(C)OC(=O)CCCCCCCCCCCCCCOc1cccc2cc3ccccc3cc12. The van der Waals surface area contributed by atoms with E-state index in [1.54, 1.807) is 0 Å². The molecular formula is C33H46O3. The molecule has 0 spiro atoms. The number of benzene rings is 3. The van der Waals surface area contributed by atoms with Gasteiger partial charge in [0.05, 0.1) is 6.61 Å². The van der Waals surface area contributed by atoms with Crippen LogP contribution in [-0.4, -0.2) is 18.2 Å². The van der Waals surface area contributed by atoms with E-state index in [0.29, 0.717) is 6.42 Å². The number of ether oxygens (including phenoxy) is 2. The molecule has 3 aromatic carbocycles. The summed E-state index contributed by atoms with van der Waals surface area (Å²) in [4.78, 5) is 11.7. The smallest absolute Gasteiger partial charge is 0.306 e. The number of rotatable bonds is 16. The third kappa shape index (κ3) is 10.2. The van der Waals surface area contributed by atoms with Crippen LogP contribution >= 0.6 is 0 Å². The van der Waals surface area contributed by atoms with Crippen LogP contribution in [0.25, 0.3) is 21.5 Å². The monoisotopic (exact) mass is 490 g/mol. The zero-order valence-electron chi connectivity index (χ0n) is 22.8. The lowest BCUT2D eigenvalue weighted by molar-refractivity contribution is -0.154. The summed E-state index contributed by atoms with van der Waals surface area (Å²) in [7, 11) is 0. The number of carbonyl (C=O) groups excluding carboxylic acids is 1. The van der Waals surface area contributed by atoms with Gasteiger partial charge in [-0.1, -0.05) is 101 Å². The van der Waals surface area contributed by atoms with E-state index in [-0.39, 0.29) is 11.6 Å². The molecule has 0 unspecified atom stereocenters. The summed E-state index contributed by atoms with van der Waals surface area (Å²) >= 11 is 0. The summed E-state index contributed by atoms with van der Waals surface area (Å²) < 4.78 is 11.5. The first-order valence-corrected chi connectivity index (χ1v) is 14.2. The second-order valence-corrected chi connectivity index (χ2v) is 11.1. The van der Waals surface area contributed by atoms with Crippen molar-refractivity contribution in [2.45, 2.75) is 110 Å². The zero-order valence-corrected chi connectivity index (χ0v) is 22.8. The van der Waals surface area contributed by atoms with Crippen molar-refractivity contribution in [3.05, 3.63) is 54.6 Å². The minimum absolute atomic E-state index is 0.0589. The predicted octanol–water partition coefficient (Wildman–Crippen LogP) is 9.78. The van der Waals surface area contributed by atoms with Crippen LogP contribution in [-0.2, 0) is 9.53 Å².